The lowest BCUT2D eigenvalue weighted by atomic mass is 10.2. The van der Waals surface area contributed by atoms with Gasteiger partial charge in [0.2, 0.25) is 0 Å². The van der Waals surface area contributed by atoms with Gasteiger partial charge in [0.25, 0.3) is 0 Å². The van der Waals surface area contributed by atoms with Crippen molar-refractivity contribution in [1.29, 1.82) is 0 Å². The Balaban J connectivity index is 1.36. The summed E-state index contributed by atoms with van der Waals surface area (Å²) in [4.78, 5) is 7.03. The summed E-state index contributed by atoms with van der Waals surface area (Å²) >= 11 is 0. The molecule has 0 radical (unpaired) electrons. The number of aryl methyl sites for hydroxylation is 1. The molecule has 1 N–H and O–H groups in total. The molecule has 4 heterocycles. The minimum Gasteiger partial charge on any atom is -0.461 e. The van der Waals surface area contributed by atoms with Gasteiger partial charge in [0.15, 0.2) is 11.5 Å². The Kier molecular flexibility index (Phi) is 5.20. The maximum atomic E-state index is 5.84. The molecule has 1 saturated heterocycles. The van der Waals surface area contributed by atoms with Crippen molar-refractivity contribution in [3.05, 3.63) is 78.1 Å². The summed E-state index contributed by atoms with van der Waals surface area (Å²) in [5.41, 5.74) is 7.52. The van der Waals surface area contributed by atoms with Crippen molar-refractivity contribution in [2.75, 3.05) is 36.6 Å². The number of hydrazone groups is 1. The molecule has 1 fully saturated rings. The summed E-state index contributed by atoms with van der Waals surface area (Å²) in [6, 6.07) is 22.1. The molecule has 0 bridgehead atoms. The molecule has 5 aromatic rings. The molecule has 34 heavy (non-hydrogen) atoms. The van der Waals surface area contributed by atoms with E-state index < -0.39 is 0 Å². The Morgan fingerprint density at radius 1 is 1.00 bits per heavy atom. The number of ether oxygens (including phenoxy) is 1. The first-order chi connectivity index (χ1) is 16.7. The molecule has 1 aliphatic rings. The Morgan fingerprint density at radius 2 is 1.85 bits per heavy atom. The van der Waals surface area contributed by atoms with Crippen LogP contribution in [0.2, 0.25) is 0 Å². The highest BCUT2D eigenvalue weighted by Crippen LogP contribution is 2.26. The quantitative estimate of drug-likeness (QED) is 0.307. The molecule has 0 amide bonds. The van der Waals surface area contributed by atoms with Crippen LogP contribution in [0.3, 0.4) is 0 Å². The van der Waals surface area contributed by atoms with Crippen LogP contribution in [0.25, 0.3) is 27.9 Å². The lowest BCUT2D eigenvalue weighted by Crippen LogP contribution is -2.37. The van der Waals surface area contributed by atoms with Gasteiger partial charge >= 0.3 is 0 Å². The fourth-order valence-corrected chi connectivity index (χ4v) is 4.27. The van der Waals surface area contributed by atoms with E-state index in [2.05, 4.69) is 27.6 Å². The van der Waals surface area contributed by atoms with Crippen molar-refractivity contribution in [3.8, 4) is 11.3 Å². The highest BCUT2D eigenvalue weighted by molar-refractivity contribution is 5.97. The molecule has 8 heteroatoms. The van der Waals surface area contributed by atoms with E-state index in [1.165, 1.54) is 0 Å². The molecule has 3 aromatic heterocycles. The predicted octanol–water partition coefficient (Wildman–Crippen LogP) is 4.73. The highest BCUT2D eigenvalue weighted by Gasteiger charge is 2.18. The van der Waals surface area contributed by atoms with Crippen molar-refractivity contribution in [2.24, 2.45) is 5.10 Å². The number of nitrogens with zero attached hydrogens (tertiary/aromatic N) is 5. The first kappa shape index (κ1) is 20.4. The Hall–Kier alpha value is -4.17. The number of nitrogens with one attached hydrogen (secondary N) is 1. The number of furan rings is 1. The molecule has 1 aliphatic heterocycles. The summed E-state index contributed by atoms with van der Waals surface area (Å²) in [5.74, 6) is 2.48. The number of rotatable bonds is 5. The minimum absolute atomic E-state index is 0.646. The zero-order valence-electron chi connectivity index (χ0n) is 18.8. The molecule has 8 nitrogen and oxygen atoms in total. The van der Waals surface area contributed by atoms with Crippen LogP contribution in [0.4, 0.5) is 11.6 Å². The van der Waals surface area contributed by atoms with Crippen LogP contribution in [0.5, 0.6) is 0 Å². The first-order valence-electron chi connectivity index (χ1n) is 11.3. The number of benzene rings is 2. The zero-order chi connectivity index (χ0) is 22.9. The molecule has 0 spiro atoms. The van der Waals surface area contributed by atoms with Gasteiger partial charge < -0.3 is 14.1 Å². The average molecular weight is 453 g/mol. The smallest absolute Gasteiger partial charge is 0.160 e. The molecular formula is C26H24N6O2. The maximum absolute atomic E-state index is 5.84. The second-order valence-electron chi connectivity index (χ2n) is 8.26. The van der Waals surface area contributed by atoms with Crippen molar-refractivity contribution in [2.45, 2.75) is 6.92 Å². The van der Waals surface area contributed by atoms with Crippen molar-refractivity contribution in [3.63, 3.8) is 0 Å². The van der Waals surface area contributed by atoms with E-state index >= 15 is 0 Å². The molecule has 0 atom stereocenters. The van der Waals surface area contributed by atoms with Crippen LogP contribution in [0.1, 0.15) is 11.3 Å². The second-order valence-corrected chi connectivity index (χ2v) is 8.26. The van der Waals surface area contributed by atoms with Gasteiger partial charge in [-0.05, 0) is 19.1 Å². The monoisotopic (exact) mass is 452 g/mol. The van der Waals surface area contributed by atoms with Crippen LogP contribution in [0, 0.1) is 6.92 Å². The zero-order valence-corrected chi connectivity index (χ0v) is 18.8. The number of anilines is 2. The van der Waals surface area contributed by atoms with Gasteiger partial charge in [-0.15, -0.1) is 0 Å². The third kappa shape index (κ3) is 3.88. The van der Waals surface area contributed by atoms with E-state index in [0.717, 1.165) is 58.1 Å². The summed E-state index contributed by atoms with van der Waals surface area (Å²) in [5, 5.41) is 10.4. The normalized spacial score (nSPS) is 14.4. The molecule has 0 unspecified atom stereocenters. The lowest BCUT2D eigenvalue weighted by Gasteiger charge is -2.29. The van der Waals surface area contributed by atoms with Gasteiger partial charge in [0, 0.05) is 41.7 Å². The first-order valence-corrected chi connectivity index (χ1v) is 11.3. The third-order valence-corrected chi connectivity index (χ3v) is 5.89. The predicted molar refractivity (Wildman–Crippen MR) is 134 cm³/mol. The Bertz CT molecular complexity index is 1480. The molecule has 6 rings (SSSR count). The number of morpholine rings is 1. The summed E-state index contributed by atoms with van der Waals surface area (Å²) in [7, 11) is 0. The van der Waals surface area contributed by atoms with Gasteiger partial charge in [-0.25, -0.2) is 4.98 Å². The number of hydrogen-bond donors (Lipinski definition) is 1. The lowest BCUT2D eigenvalue weighted by molar-refractivity contribution is 0.122. The molecule has 0 aliphatic carbocycles. The van der Waals surface area contributed by atoms with Gasteiger partial charge in [0.1, 0.15) is 17.2 Å². The van der Waals surface area contributed by atoms with Crippen LogP contribution < -0.4 is 10.3 Å². The second kappa shape index (κ2) is 8.64. The van der Waals surface area contributed by atoms with E-state index in [1.54, 1.807) is 6.21 Å². The van der Waals surface area contributed by atoms with Crippen LogP contribution in [0.15, 0.2) is 76.2 Å². The Morgan fingerprint density at radius 3 is 2.71 bits per heavy atom. The van der Waals surface area contributed by atoms with Crippen LogP contribution in [-0.2, 0) is 4.74 Å². The summed E-state index contributed by atoms with van der Waals surface area (Å²) < 4.78 is 13.3. The van der Waals surface area contributed by atoms with E-state index in [1.807, 2.05) is 66.0 Å². The highest BCUT2D eigenvalue weighted by atomic mass is 16.5. The van der Waals surface area contributed by atoms with E-state index in [4.69, 9.17) is 19.2 Å². The Labute approximate surface area is 196 Å². The van der Waals surface area contributed by atoms with Gasteiger partial charge in [-0.2, -0.15) is 14.7 Å². The molecular weight excluding hydrogens is 428 g/mol. The van der Waals surface area contributed by atoms with E-state index in [-0.39, 0.29) is 0 Å². The number of para-hydroxylation sites is 1. The van der Waals surface area contributed by atoms with Crippen LogP contribution >= 0.6 is 0 Å². The SMILES string of the molecule is Cc1cc2cccc(/C=N/Nc3cc(N4CCOCC4)n4nc(-c5ccccc5)cc4n3)c2o1. The number of hydrogen-bond acceptors (Lipinski definition) is 7. The third-order valence-electron chi connectivity index (χ3n) is 5.89. The largest absolute Gasteiger partial charge is 0.461 e. The van der Waals surface area contributed by atoms with Gasteiger partial charge in [-0.1, -0.05) is 42.5 Å². The molecule has 170 valence electrons. The topological polar surface area (TPSA) is 80.2 Å². The van der Waals surface area contributed by atoms with Crippen molar-refractivity contribution in [1.82, 2.24) is 14.6 Å². The minimum atomic E-state index is 0.646. The van der Waals surface area contributed by atoms with Crippen molar-refractivity contribution >= 4 is 34.5 Å². The standard InChI is InChI=1S/C26H24N6O2/c1-18-14-20-8-5-9-21(26(20)34-18)17-27-29-23-16-25(31-10-12-33-13-11-31)32-24(28-23)15-22(30-32)19-6-3-2-4-7-19/h2-9,14-17H,10-13H2,1H3,(H,28,29)/b27-17+. The van der Waals surface area contributed by atoms with Crippen molar-refractivity contribution < 1.29 is 9.15 Å². The van der Waals surface area contributed by atoms with Crippen LogP contribution in [-0.4, -0.2) is 47.1 Å². The fraction of sp³-hybridized carbons (Fsp3) is 0.192. The van der Waals surface area contributed by atoms with Gasteiger partial charge in [0.05, 0.1) is 25.1 Å². The maximum Gasteiger partial charge on any atom is 0.160 e. The molecule has 2 aromatic carbocycles. The number of fused-ring (bicyclic) bond motifs is 2. The fourth-order valence-electron chi connectivity index (χ4n) is 4.27. The van der Waals surface area contributed by atoms with E-state index in [0.29, 0.717) is 19.0 Å². The van der Waals surface area contributed by atoms with E-state index in [9.17, 15) is 0 Å². The molecule has 0 saturated carbocycles. The summed E-state index contributed by atoms with van der Waals surface area (Å²) in [6.45, 7) is 4.90. The average Bonchev–Trinajstić information content (AvgIpc) is 3.48. The number of aromatic nitrogens is 3. The van der Waals surface area contributed by atoms with Gasteiger partial charge in [-0.3, -0.25) is 5.43 Å². The summed E-state index contributed by atoms with van der Waals surface area (Å²) in [6.07, 6.45) is 1.76.